The fraction of sp³-hybridized carbons (Fsp3) is 0.286. The maximum absolute atomic E-state index is 12.4. The maximum atomic E-state index is 12.4. The molecule has 0 spiro atoms. The van der Waals surface area contributed by atoms with Crippen molar-refractivity contribution in [1.82, 2.24) is 14.8 Å². The third-order valence-corrected chi connectivity index (χ3v) is 5.20. The molecular weight excluding hydrogens is 372 g/mol. The van der Waals surface area contributed by atoms with Gasteiger partial charge in [-0.3, -0.25) is 4.79 Å². The Hall–Kier alpha value is -2.80. The molecule has 0 atom stereocenters. The van der Waals surface area contributed by atoms with Gasteiger partial charge in [0.2, 0.25) is 5.91 Å². The van der Waals surface area contributed by atoms with E-state index in [1.807, 2.05) is 74.0 Å². The van der Waals surface area contributed by atoms with Gasteiger partial charge in [0, 0.05) is 12.6 Å². The number of nitrogens with one attached hydrogen (secondary N) is 1. The predicted octanol–water partition coefficient (Wildman–Crippen LogP) is 4.31. The SMILES string of the molecule is CCCOc1ccccc1NC(=O)CSc1nnc(-c2ccccc2C)n1C. The lowest BCUT2D eigenvalue weighted by Gasteiger charge is -2.11. The Kier molecular flexibility index (Phi) is 6.71. The zero-order valence-electron chi connectivity index (χ0n) is 16.3. The van der Waals surface area contributed by atoms with Crippen LogP contribution in [0.3, 0.4) is 0 Å². The summed E-state index contributed by atoms with van der Waals surface area (Å²) in [7, 11) is 1.91. The first-order chi connectivity index (χ1) is 13.6. The van der Waals surface area contributed by atoms with Crippen LogP contribution in [-0.2, 0) is 11.8 Å². The number of nitrogens with zero attached hydrogens (tertiary/aromatic N) is 3. The number of ether oxygens (including phenoxy) is 1. The predicted molar refractivity (Wildman–Crippen MR) is 113 cm³/mol. The van der Waals surface area contributed by atoms with E-state index in [9.17, 15) is 4.79 Å². The lowest BCUT2D eigenvalue weighted by Crippen LogP contribution is -2.15. The lowest BCUT2D eigenvalue weighted by atomic mass is 10.1. The summed E-state index contributed by atoms with van der Waals surface area (Å²) >= 11 is 1.36. The summed E-state index contributed by atoms with van der Waals surface area (Å²) < 4.78 is 7.60. The van der Waals surface area contributed by atoms with E-state index in [2.05, 4.69) is 15.5 Å². The number of hydrogen-bond acceptors (Lipinski definition) is 5. The second-order valence-corrected chi connectivity index (χ2v) is 7.30. The van der Waals surface area contributed by atoms with Crippen LogP contribution < -0.4 is 10.1 Å². The van der Waals surface area contributed by atoms with Gasteiger partial charge < -0.3 is 14.6 Å². The second kappa shape index (κ2) is 9.41. The molecule has 146 valence electrons. The van der Waals surface area contributed by atoms with Gasteiger partial charge >= 0.3 is 0 Å². The van der Waals surface area contributed by atoms with Gasteiger partial charge in [0.05, 0.1) is 18.0 Å². The summed E-state index contributed by atoms with van der Waals surface area (Å²) in [5.74, 6) is 1.60. The van der Waals surface area contributed by atoms with Crippen LogP contribution in [0.15, 0.2) is 53.7 Å². The number of aryl methyl sites for hydroxylation is 1. The summed E-state index contributed by atoms with van der Waals surface area (Å²) in [6.45, 7) is 4.70. The molecule has 0 unspecified atom stereocenters. The number of thioether (sulfide) groups is 1. The number of benzene rings is 2. The molecule has 1 heterocycles. The first-order valence-corrected chi connectivity index (χ1v) is 10.2. The van der Waals surface area contributed by atoms with E-state index < -0.39 is 0 Å². The van der Waals surface area contributed by atoms with E-state index in [0.29, 0.717) is 23.2 Å². The number of anilines is 1. The van der Waals surface area contributed by atoms with Crippen molar-refractivity contribution in [2.24, 2.45) is 7.05 Å². The van der Waals surface area contributed by atoms with Crippen LogP contribution in [0.2, 0.25) is 0 Å². The summed E-state index contributed by atoms with van der Waals surface area (Å²) in [5.41, 5.74) is 2.85. The molecule has 28 heavy (non-hydrogen) atoms. The third-order valence-electron chi connectivity index (χ3n) is 4.18. The molecule has 0 aliphatic carbocycles. The van der Waals surface area contributed by atoms with E-state index in [0.717, 1.165) is 23.4 Å². The smallest absolute Gasteiger partial charge is 0.234 e. The average molecular weight is 397 g/mol. The molecule has 0 aliphatic rings. The number of amides is 1. The second-order valence-electron chi connectivity index (χ2n) is 6.36. The average Bonchev–Trinajstić information content (AvgIpc) is 3.06. The highest BCUT2D eigenvalue weighted by atomic mass is 32.2. The first-order valence-electron chi connectivity index (χ1n) is 9.20. The Labute approximate surface area is 169 Å². The fourth-order valence-electron chi connectivity index (χ4n) is 2.72. The molecule has 1 aromatic heterocycles. The van der Waals surface area contributed by atoms with Crippen molar-refractivity contribution >= 4 is 23.4 Å². The van der Waals surface area contributed by atoms with Crippen LogP contribution >= 0.6 is 11.8 Å². The van der Waals surface area contributed by atoms with Gasteiger partial charge in [-0.2, -0.15) is 0 Å². The molecule has 3 aromatic rings. The van der Waals surface area contributed by atoms with E-state index in [-0.39, 0.29) is 11.7 Å². The Balaban J connectivity index is 1.64. The van der Waals surface area contributed by atoms with Gasteiger partial charge in [-0.05, 0) is 31.0 Å². The molecule has 1 N–H and O–H groups in total. The minimum atomic E-state index is -0.113. The Morgan fingerprint density at radius 2 is 1.89 bits per heavy atom. The van der Waals surface area contributed by atoms with Crippen molar-refractivity contribution < 1.29 is 9.53 Å². The number of aromatic nitrogens is 3. The normalized spacial score (nSPS) is 10.7. The van der Waals surface area contributed by atoms with E-state index in [1.54, 1.807) is 0 Å². The number of carbonyl (C=O) groups is 1. The third kappa shape index (κ3) is 4.72. The van der Waals surface area contributed by atoms with Crippen LogP contribution in [0.1, 0.15) is 18.9 Å². The van der Waals surface area contributed by atoms with Gasteiger partial charge in [-0.15, -0.1) is 10.2 Å². The molecule has 3 rings (SSSR count). The molecule has 0 aliphatic heterocycles. The molecule has 6 nitrogen and oxygen atoms in total. The molecular formula is C21H24N4O2S. The van der Waals surface area contributed by atoms with Gasteiger partial charge in [0.1, 0.15) is 5.75 Å². The summed E-state index contributed by atoms with van der Waals surface area (Å²) in [5, 5.41) is 12.2. The summed E-state index contributed by atoms with van der Waals surface area (Å²) in [6, 6.07) is 15.5. The Morgan fingerprint density at radius 1 is 1.14 bits per heavy atom. The number of para-hydroxylation sites is 2. The minimum absolute atomic E-state index is 0.113. The van der Waals surface area contributed by atoms with Crippen molar-refractivity contribution in [3.05, 3.63) is 54.1 Å². The van der Waals surface area contributed by atoms with Crippen LogP contribution in [0.25, 0.3) is 11.4 Å². The molecule has 0 radical (unpaired) electrons. The fourth-order valence-corrected chi connectivity index (χ4v) is 3.43. The largest absolute Gasteiger partial charge is 0.491 e. The van der Waals surface area contributed by atoms with Crippen molar-refractivity contribution in [2.45, 2.75) is 25.4 Å². The number of hydrogen-bond donors (Lipinski definition) is 1. The lowest BCUT2D eigenvalue weighted by molar-refractivity contribution is -0.113. The van der Waals surface area contributed by atoms with E-state index >= 15 is 0 Å². The maximum Gasteiger partial charge on any atom is 0.234 e. The van der Waals surface area contributed by atoms with Gasteiger partial charge in [-0.1, -0.05) is 55.1 Å². The minimum Gasteiger partial charge on any atom is -0.491 e. The standard InChI is InChI=1S/C21H24N4O2S/c1-4-13-27-18-12-8-7-11-17(18)22-19(26)14-28-21-24-23-20(25(21)3)16-10-6-5-9-15(16)2/h5-12H,4,13-14H2,1-3H3,(H,22,26). The molecule has 0 bridgehead atoms. The topological polar surface area (TPSA) is 69.0 Å². The highest BCUT2D eigenvalue weighted by Crippen LogP contribution is 2.26. The quantitative estimate of drug-likeness (QED) is 0.575. The first kappa shape index (κ1) is 19.9. The zero-order chi connectivity index (χ0) is 19.9. The van der Waals surface area contributed by atoms with Gasteiger partial charge in [-0.25, -0.2) is 0 Å². The Morgan fingerprint density at radius 3 is 2.68 bits per heavy atom. The van der Waals surface area contributed by atoms with Crippen LogP contribution in [0.4, 0.5) is 5.69 Å². The molecule has 0 saturated heterocycles. The van der Waals surface area contributed by atoms with E-state index in [1.165, 1.54) is 11.8 Å². The zero-order valence-corrected chi connectivity index (χ0v) is 17.1. The Bertz CT molecular complexity index is 955. The number of carbonyl (C=O) groups excluding carboxylic acids is 1. The van der Waals surface area contributed by atoms with Crippen LogP contribution in [0, 0.1) is 6.92 Å². The number of rotatable bonds is 8. The highest BCUT2D eigenvalue weighted by Gasteiger charge is 2.15. The van der Waals surface area contributed by atoms with Crippen LogP contribution in [-0.4, -0.2) is 33.0 Å². The monoisotopic (exact) mass is 396 g/mol. The summed E-state index contributed by atoms with van der Waals surface area (Å²) in [4.78, 5) is 12.4. The van der Waals surface area contributed by atoms with Crippen molar-refractivity contribution in [1.29, 1.82) is 0 Å². The molecule has 7 heteroatoms. The van der Waals surface area contributed by atoms with Crippen molar-refractivity contribution in [3.8, 4) is 17.1 Å². The van der Waals surface area contributed by atoms with E-state index in [4.69, 9.17) is 4.74 Å². The molecule has 1 amide bonds. The molecule has 2 aromatic carbocycles. The van der Waals surface area contributed by atoms with Gasteiger partial charge in [0.25, 0.3) is 0 Å². The van der Waals surface area contributed by atoms with Crippen LogP contribution in [0.5, 0.6) is 5.75 Å². The molecule has 0 fully saturated rings. The highest BCUT2D eigenvalue weighted by molar-refractivity contribution is 7.99. The molecule has 0 saturated carbocycles. The van der Waals surface area contributed by atoms with Gasteiger partial charge in [0.15, 0.2) is 11.0 Å². The summed E-state index contributed by atoms with van der Waals surface area (Å²) in [6.07, 6.45) is 0.910. The van der Waals surface area contributed by atoms with Crippen molar-refractivity contribution in [3.63, 3.8) is 0 Å². The van der Waals surface area contributed by atoms with Crippen molar-refractivity contribution in [2.75, 3.05) is 17.7 Å².